The van der Waals surface area contributed by atoms with E-state index in [0.717, 1.165) is 39.0 Å². The van der Waals surface area contributed by atoms with E-state index in [0.29, 0.717) is 6.04 Å². The summed E-state index contributed by atoms with van der Waals surface area (Å²) in [5.41, 5.74) is 1.30. The summed E-state index contributed by atoms with van der Waals surface area (Å²) in [5.74, 6) is 0.196. The van der Waals surface area contributed by atoms with Crippen molar-refractivity contribution >= 4 is 30.7 Å². The third-order valence-electron chi connectivity index (χ3n) is 4.05. The second-order valence-electron chi connectivity index (χ2n) is 5.87. The number of likely N-dealkylation sites (tertiary alicyclic amines) is 1. The second kappa shape index (κ2) is 11.6. The van der Waals surface area contributed by atoms with E-state index in [4.69, 9.17) is 0 Å². The summed E-state index contributed by atoms with van der Waals surface area (Å²) in [6.07, 6.45) is 5.74. The molecule has 1 aliphatic heterocycles. The fourth-order valence-corrected chi connectivity index (χ4v) is 2.72. The first-order chi connectivity index (χ1) is 10.2. The molecule has 0 aliphatic carbocycles. The van der Waals surface area contributed by atoms with Gasteiger partial charge in [0.25, 0.3) is 0 Å². The van der Waals surface area contributed by atoms with Gasteiger partial charge in [0.1, 0.15) is 0 Å². The van der Waals surface area contributed by atoms with Crippen molar-refractivity contribution in [2.24, 2.45) is 5.92 Å². The Labute approximate surface area is 151 Å². The predicted molar refractivity (Wildman–Crippen MR) is 98.3 cm³/mol. The fourth-order valence-electron chi connectivity index (χ4n) is 2.72. The van der Waals surface area contributed by atoms with Gasteiger partial charge >= 0.3 is 0 Å². The summed E-state index contributed by atoms with van der Waals surface area (Å²) in [6, 6.07) is 4.45. The number of rotatable bonds is 6. The highest BCUT2D eigenvalue weighted by Crippen LogP contribution is 2.14. The highest BCUT2D eigenvalue weighted by atomic mass is 35.5. The highest BCUT2D eigenvalue weighted by molar-refractivity contribution is 5.85. The number of aromatic nitrogens is 1. The first-order valence-corrected chi connectivity index (χ1v) is 7.75. The van der Waals surface area contributed by atoms with Crippen molar-refractivity contribution < 1.29 is 4.79 Å². The van der Waals surface area contributed by atoms with Crippen molar-refractivity contribution in [2.75, 3.05) is 26.7 Å². The number of nitrogens with one attached hydrogen (secondary N) is 2. The Bertz CT molecular complexity index is 439. The minimum absolute atomic E-state index is 0. The zero-order valence-corrected chi connectivity index (χ0v) is 15.5. The van der Waals surface area contributed by atoms with Crippen LogP contribution in [0.1, 0.15) is 25.3 Å². The van der Waals surface area contributed by atoms with Crippen LogP contribution in [0.15, 0.2) is 24.5 Å². The number of pyridine rings is 1. The van der Waals surface area contributed by atoms with Crippen molar-refractivity contribution in [3.63, 3.8) is 0 Å². The number of amides is 1. The molecule has 5 nitrogen and oxygen atoms in total. The van der Waals surface area contributed by atoms with Crippen LogP contribution in [0.4, 0.5) is 0 Å². The standard InChI is InChI=1S/C16H26N4O.2ClH/c1-13(11-17-2)16(21)19-15-5-9-20(10-6-15)12-14-3-7-18-8-4-14;;/h3-4,7-8,13,15,17H,5-6,9-12H2,1-2H3,(H,19,21);2*1H. The molecule has 1 aromatic rings. The molecule has 1 fully saturated rings. The lowest BCUT2D eigenvalue weighted by Gasteiger charge is -2.32. The van der Waals surface area contributed by atoms with Gasteiger partial charge in [-0.15, -0.1) is 24.8 Å². The summed E-state index contributed by atoms with van der Waals surface area (Å²) < 4.78 is 0. The number of hydrogen-bond acceptors (Lipinski definition) is 4. The molecule has 2 heterocycles. The Balaban J connectivity index is 0.00000242. The van der Waals surface area contributed by atoms with Gasteiger partial charge in [-0.2, -0.15) is 0 Å². The molecule has 1 unspecified atom stereocenters. The number of nitrogens with zero attached hydrogens (tertiary/aromatic N) is 2. The average molecular weight is 363 g/mol. The highest BCUT2D eigenvalue weighted by Gasteiger charge is 2.22. The van der Waals surface area contributed by atoms with Crippen LogP contribution >= 0.6 is 24.8 Å². The molecule has 0 saturated carbocycles. The smallest absolute Gasteiger partial charge is 0.224 e. The maximum atomic E-state index is 12.0. The molecule has 0 radical (unpaired) electrons. The first kappa shape index (κ1) is 22.1. The normalized spacial score (nSPS) is 16.8. The van der Waals surface area contributed by atoms with Crippen LogP contribution in [0.25, 0.3) is 0 Å². The summed E-state index contributed by atoms with van der Waals surface area (Å²) in [7, 11) is 1.88. The lowest BCUT2D eigenvalue weighted by molar-refractivity contribution is -0.125. The number of carbonyl (C=O) groups is 1. The molecule has 0 bridgehead atoms. The molecule has 132 valence electrons. The van der Waals surface area contributed by atoms with Crippen LogP contribution in [0.2, 0.25) is 0 Å². The minimum Gasteiger partial charge on any atom is -0.353 e. The van der Waals surface area contributed by atoms with Crippen molar-refractivity contribution in [3.8, 4) is 0 Å². The zero-order chi connectivity index (χ0) is 15.1. The first-order valence-electron chi connectivity index (χ1n) is 7.75. The van der Waals surface area contributed by atoms with Gasteiger partial charge in [0.15, 0.2) is 0 Å². The second-order valence-corrected chi connectivity index (χ2v) is 5.87. The summed E-state index contributed by atoms with van der Waals surface area (Å²) >= 11 is 0. The molecule has 1 aliphatic rings. The Hall–Kier alpha value is -0.880. The average Bonchev–Trinajstić information content (AvgIpc) is 2.50. The van der Waals surface area contributed by atoms with E-state index in [1.165, 1.54) is 5.56 Å². The van der Waals surface area contributed by atoms with Gasteiger partial charge in [0.05, 0.1) is 0 Å². The van der Waals surface area contributed by atoms with Crippen molar-refractivity contribution in [1.29, 1.82) is 0 Å². The number of hydrogen-bond donors (Lipinski definition) is 2. The molecule has 2 rings (SSSR count). The molecule has 0 spiro atoms. The van der Waals surface area contributed by atoms with Gasteiger partial charge in [0.2, 0.25) is 5.91 Å². The van der Waals surface area contributed by atoms with Crippen LogP contribution < -0.4 is 10.6 Å². The molecule has 1 aromatic heterocycles. The summed E-state index contributed by atoms with van der Waals surface area (Å²) in [5, 5.41) is 6.22. The third-order valence-corrected chi connectivity index (χ3v) is 4.05. The largest absolute Gasteiger partial charge is 0.353 e. The quantitative estimate of drug-likeness (QED) is 0.810. The Kier molecular flexibility index (Phi) is 11.2. The molecule has 0 aromatic carbocycles. The van der Waals surface area contributed by atoms with Crippen LogP contribution in [0, 0.1) is 5.92 Å². The molecule has 1 atom stereocenters. The van der Waals surface area contributed by atoms with Crippen LogP contribution in [-0.4, -0.2) is 48.5 Å². The van der Waals surface area contributed by atoms with Crippen molar-refractivity contribution in [2.45, 2.75) is 32.4 Å². The van der Waals surface area contributed by atoms with Crippen molar-refractivity contribution in [3.05, 3.63) is 30.1 Å². The molecule has 7 heteroatoms. The molecule has 1 saturated heterocycles. The number of carbonyl (C=O) groups excluding carboxylic acids is 1. The van der Waals surface area contributed by atoms with Gasteiger partial charge < -0.3 is 10.6 Å². The van der Waals surface area contributed by atoms with E-state index >= 15 is 0 Å². The lowest BCUT2D eigenvalue weighted by atomic mass is 10.0. The maximum Gasteiger partial charge on any atom is 0.224 e. The van der Waals surface area contributed by atoms with E-state index in [9.17, 15) is 4.79 Å². The van der Waals surface area contributed by atoms with E-state index in [2.05, 4.69) is 32.7 Å². The molecule has 23 heavy (non-hydrogen) atoms. The van der Waals surface area contributed by atoms with Crippen molar-refractivity contribution in [1.82, 2.24) is 20.5 Å². The molecule has 2 N–H and O–H groups in total. The van der Waals surface area contributed by atoms with E-state index in [1.54, 1.807) is 0 Å². The van der Waals surface area contributed by atoms with Gasteiger partial charge in [-0.25, -0.2) is 0 Å². The van der Waals surface area contributed by atoms with Crippen LogP contribution in [0.3, 0.4) is 0 Å². The number of piperidine rings is 1. The predicted octanol–water partition coefficient (Wildman–Crippen LogP) is 1.86. The zero-order valence-electron chi connectivity index (χ0n) is 13.8. The van der Waals surface area contributed by atoms with Gasteiger partial charge in [-0.3, -0.25) is 14.7 Å². The molecular formula is C16H28Cl2N4O. The Morgan fingerprint density at radius 2 is 1.91 bits per heavy atom. The topological polar surface area (TPSA) is 57.3 Å². The molecule has 1 amide bonds. The fraction of sp³-hybridized carbons (Fsp3) is 0.625. The SMILES string of the molecule is CNCC(C)C(=O)NC1CCN(Cc2ccncc2)CC1.Cl.Cl. The van der Waals surface area contributed by atoms with Crippen LogP contribution in [-0.2, 0) is 11.3 Å². The van der Waals surface area contributed by atoms with Crippen LogP contribution in [0.5, 0.6) is 0 Å². The van der Waals surface area contributed by atoms with Gasteiger partial charge in [0, 0.05) is 50.5 Å². The van der Waals surface area contributed by atoms with Gasteiger partial charge in [-0.1, -0.05) is 6.92 Å². The number of halogens is 2. The monoisotopic (exact) mass is 362 g/mol. The van der Waals surface area contributed by atoms with E-state index < -0.39 is 0 Å². The summed E-state index contributed by atoms with van der Waals surface area (Å²) in [4.78, 5) is 18.5. The Morgan fingerprint density at radius 3 is 2.48 bits per heavy atom. The van der Waals surface area contributed by atoms with Gasteiger partial charge in [-0.05, 0) is 37.6 Å². The minimum atomic E-state index is 0. The van der Waals surface area contributed by atoms with E-state index in [-0.39, 0.29) is 36.6 Å². The molecular weight excluding hydrogens is 335 g/mol. The van der Waals surface area contributed by atoms with E-state index in [1.807, 2.05) is 26.4 Å². The Morgan fingerprint density at radius 1 is 1.30 bits per heavy atom. The third kappa shape index (κ3) is 7.48. The lowest BCUT2D eigenvalue weighted by Crippen LogP contribution is -2.46. The maximum absolute atomic E-state index is 12.0. The summed E-state index contributed by atoms with van der Waals surface area (Å²) in [6.45, 7) is 5.73.